The Balaban J connectivity index is 1.73. The van der Waals surface area contributed by atoms with Gasteiger partial charge in [-0.15, -0.1) is 0 Å². The highest BCUT2D eigenvalue weighted by atomic mass is 16.5. The third kappa shape index (κ3) is 4.90. The number of anilines is 4. The summed E-state index contributed by atoms with van der Waals surface area (Å²) in [6, 6.07) is 13.9. The maximum atomic E-state index is 13.1. The first-order valence-electron chi connectivity index (χ1n) is 11.0. The van der Waals surface area contributed by atoms with E-state index in [1.165, 1.54) is 0 Å². The maximum Gasteiger partial charge on any atom is 0.229 e. The summed E-state index contributed by atoms with van der Waals surface area (Å²) in [6.07, 6.45) is 1.20. The van der Waals surface area contributed by atoms with Crippen molar-refractivity contribution in [1.82, 2.24) is 9.97 Å². The normalized spacial score (nSPS) is 14.6. The number of aryl methyl sites for hydroxylation is 2. The zero-order chi connectivity index (χ0) is 22.9. The van der Waals surface area contributed by atoms with Crippen LogP contribution in [0.2, 0.25) is 0 Å². The van der Waals surface area contributed by atoms with Gasteiger partial charge in [-0.1, -0.05) is 19.9 Å². The molecule has 0 fully saturated rings. The van der Waals surface area contributed by atoms with Crippen molar-refractivity contribution in [3.8, 4) is 5.75 Å². The van der Waals surface area contributed by atoms with Gasteiger partial charge in [-0.25, -0.2) is 4.98 Å². The van der Waals surface area contributed by atoms with Gasteiger partial charge in [0.05, 0.1) is 17.9 Å². The van der Waals surface area contributed by atoms with Crippen molar-refractivity contribution in [2.75, 3.05) is 17.2 Å². The van der Waals surface area contributed by atoms with Crippen molar-refractivity contribution < 1.29 is 9.53 Å². The van der Waals surface area contributed by atoms with Crippen LogP contribution in [0.15, 0.2) is 42.5 Å². The molecule has 0 bridgehead atoms. The fraction of sp³-hybridized carbons (Fsp3) is 0.346. The quantitative estimate of drug-likeness (QED) is 0.490. The monoisotopic (exact) mass is 430 g/mol. The first kappa shape index (κ1) is 21.8. The average molecular weight is 431 g/mol. The van der Waals surface area contributed by atoms with E-state index in [1.54, 1.807) is 0 Å². The molecule has 0 radical (unpaired) electrons. The van der Waals surface area contributed by atoms with E-state index in [-0.39, 0.29) is 11.2 Å². The molecule has 0 aliphatic heterocycles. The van der Waals surface area contributed by atoms with Crippen LogP contribution in [0.3, 0.4) is 0 Å². The standard InChI is InChI=1S/C26H30N4O2/c1-6-32-20-9-7-18(8-10-20)28-25-29-21-14-26(4,5)15-22(31)23(21)24(30-25)27-19-12-16(2)11-17(3)13-19/h7-13H,6,14-15H2,1-5H3,(H2,27,28,29,30). The van der Waals surface area contributed by atoms with Gasteiger partial charge in [-0.05, 0) is 80.1 Å². The number of carbonyl (C=O) groups is 1. The number of benzene rings is 2. The molecule has 1 aliphatic carbocycles. The van der Waals surface area contributed by atoms with Crippen LogP contribution in [0.5, 0.6) is 5.75 Å². The second kappa shape index (κ2) is 8.61. The van der Waals surface area contributed by atoms with Gasteiger partial charge in [0.1, 0.15) is 11.6 Å². The van der Waals surface area contributed by atoms with E-state index in [9.17, 15) is 4.79 Å². The molecule has 2 N–H and O–H groups in total. The lowest BCUT2D eigenvalue weighted by molar-refractivity contribution is 0.0911. The molecule has 2 aromatic carbocycles. The summed E-state index contributed by atoms with van der Waals surface area (Å²) in [6.45, 7) is 10.9. The highest BCUT2D eigenvalue weighted by Crippen LogP contribution is 2.38. The number of carbonyl (C=O) groups excluding carboxylic acids is 1. The van der Waals surface area contributed by atoms with Crippen LogP contribution < -0.4 is 15.4 Å². The number of nitrogens with zero attached hydrogens (tertiary/aromatic N) is 2. The Morgan fingerprint density at radius 1 is 0.938 bits per heavy atom. The zero-order valence-electron chi connectivity index (χ0n) is 19.4. The minimum Gasteiger partial charge on any atom is -0.494 e. The van der Waals surface area contributed by atoms with E-state index in [4.69, 9.17) is 14.7 Å². The molecule has 32 heavy (non-hydrogen) atoms. The zero-order valence-corrected chi connectivity index (χ0v) is 19.4. The molecule has 1 aromatic heterocycles. The number of ketones is 1. The lowest BCUT2D eigenvalue weighted by Crippen LogP contribution is -2.29. The molecule has 6 nitrogen and oxygen atoms in total. The summed E-state index contributed by atoms with van der Waals surface area (Å²) >= 11 is 0. The Kier molecular flexibility index (Phi) is 5.87. The molecule has 1 heterocycles. The van der Waals surface area contributed by atoms with Crippen LogP contribution in [-0.4, -0.2) is 22.4 Å². The third-order valence-corrected chi connectivity index (χ3v) is 5.45. The first-order valence-corrected chi connectivity index (χ1v) is 11.0. The van der Waals surface area contributed by atoms with Crippen molar-refractivity contribution in [3.63, 3.8) is 0 Å². The second-order valence-electron chi connectivity index (χ2n) is 9.24. The van der Waals surface area contributed by atoms with Crippen molar-refractivity contribution in [2.24, 2.45) is 5.41 Å². The van der Waals surface area contributed by atoms with Crippen LogP contribution in [-0.2, 0) is 6.42 Å². The van der Waals surface area contributed by atoms with Crippen LogP contribution in [0.25, 0.3) is 0 Å². The predicted molar refractivity (Wildman–Crippen MR) is 129 cm³/mol. The summed E-state index contributed by atoms with van der Waals surface area (Å²) in [5, 5.41) is 6.68. The van der Waals surface area contributed by atoms with Crippen LogP contribution >= 0.6 is 0 Å². The van der Waals surface area contributed by atoms with Gasteiger partial charge in [0, 0.05) is 17.8 Å². The minimum absolute atomic E-state index is 0.0794. The molecule has 0 unspecified atom stereocenters. The molecule has 0 spiro atoms. The van der Waals surface area contributed by atoms with Crippen molar-refractivity contribution in [3.05, 3.63) is 64.8 Å². The van der Waals surface area contributed by atoms with Gasteiger partial charge in [-0.2, -0.15) is 4.98 Å². The summed E-state index contributed by atoms with van der Waals surface area (Å²) in [5.41, 5.74) is 5.31. The number of hydrogen-bond donors (Lipinski definition) is 2. The van der Waals surface area contributed by atoms with Crippen molar-refractivity contribution in [1.29, 1.82) is 0 Å². The van der Waals surface area contributed by atoms with E-state index >= 15 is 0 Å². The molecular weight excluding hydrogens is 400 g/mol. The second-order valence-corrected chi connectivity index (χ2v) is 9.24. The van der Waals surface area contributed by atoms with Crippen LogP contribution in [0.4, 0.5) is 23.1 Å². The Bertz CT molecular complexity index is 1130. The molecule has 0 amide bonds. The van der Waals surface area contributed by atoms with Crippen molar-refractivity contribution >= 4 is 28.9 Å². The van der Waals surface area contributed by atoms with Crippen LogP contribution in [0.1, 0.15) is 54.4 Å². The molecule has 3 aromatic rings. The molecule has 4 rings (SSSR count). The topological polar surface area (TPSA) is 76.1 Å². The Hall–Kier alpha value is -3.41. The highest BCUT2D eigenvalue weighted by Gasteiger charge is 2.35. The fourth-order valence-electron chi connectivity index (χ4n) is 4.23. The summed E-state index contributed by atoms with van der Waals surface area (Å²) in [4.78, 5) is 22.5. The van der Waals surface area contributed by atoms with E-state index in [1.807, 2.05) is 31.2 Å². The smallest absolute Gasteiger partial charge is 0.229 e. The number of ether oxygens (including phenoxy) is 1. The SMILES string of the molecule is CCOc1ccc(Nc2nc3c(c(Nc4cc(C)cc(C)c4)n2)C(=O)CC(C)(C)C3)cc1. The van der Waals surface area contributed by atoms with Gasteiger partial charge < -0.3 is 15.4 Å². The van der Waals surface area contributed by atoms with Crippen LogP contribution in [0, 0.1) is 19.3 Å². The van der Waals surface area contributed by atoms with E-state index < -0.39 is 0 Å². The van der Waals surface area contributed by atoms with Gasteiger partial charge in [0.25, 0.3) is 0 Å². The van der Waals surface area contributed by atoms with Gasteiger partial charge in [0.15, 0.2) is 5.78 Å². The molecule has 0 saturated carbocycles. The predicted octanol–water partition coefficient (Wildman–Crippen LogP) is 6.13. The highest BCUT2D eigenvalue weighted by molar-refractivity contribution is 6.03. The molecule has 0 saturated heterocycles. The maximum absolute atomic E-state index is 13.1. The van der Waals surface area contributed by atoms with E-state index in [0.29, 0.717) is 30.4 Å². The van der Waals surface area contributed by atoms with Crippen molar-refractivity contribution in [2.45, 2.75) is 47.5 Å². The van der Waals surface area contributed by atoms with Gasteiger partial charge >= 0.3 is 0 Å². The fourth-order valence-corrected chi connectivity index (χ4v) is 4.23. The molecule has 0 atom stereocenters. The first-order chi connectivity index (χ1) is 15.2. The van der Waals surface area contributed by atoms with Gasteiger partial charge in [-0.3, -0.25) is 4.79 Å². The molecular formula is C26H30N4O2. The molecule has 1 aliphatic rings. The Morgan fingerprint density at radius 3 is 2.28 bits per heavy atom. The minimum atomic E-state index is -0.133. The average Bonchev–Trinajstić information content (AvgIpc) is 2.67. The number of aromatic nitrogens is 2. The number of rotatable bonds is 6. The number of fused-ring (bicyclic) bond motifs is 1. The van der Waals surface area contributed by atoms with E-state index in [2.05, 4.69) is 56.5 Å². The third-order valence-electron chi connectivity index (χ3n) is 5.45. The summed E-state index contributed by atoms with van der Waals surface area (Å²) in [5.74, 6) is 1.91. The van der Waals surface area contributed by atoms with E-state index in [0.717, 1.165) is 40.4 Å². The summed E-state index contributed by atoms with van der Waals surface area (Å²) < 4.78 is 5.52. The largest absolute Gasteiger partial charge is 0.494 e. The Morgan fingerprint density at radius 2 is 1.62 bits per heavy atom. The lowest BCUT2D eigenvalue weighted by atomic mass is 9.75. The number of nitrogens with one attached hydrogen (secondary N) is 2. The number of Topliss-reactive ketones (excluding diaryl/α,β-unsaturated/α-hetero) is 1. The molecule has 6 heteroatoms. The lowest BCUT2D eigenvalue weighted by Gasteiger charge is -2.30. The Labute approximate surface area is 189 Å². The molecule has 166 valence electrons. The number of hydrogen-bond acceptors (Lipinski definition) is 6. The van der Waals surface area contributed by atoms with Gasteiger partial charge in [0.2, 0.25) is 5.95 Å². The summed E-state index contributed by atoms with van der Waals surface area (Å²) in [7, 11) is 0.